The average molecular weight is 397 g/mol. The summed E-state index contributed by atoms with van der Waals surface area (Å²) in [6.45, 7) is 7.00. The van der Waals surface area contributed by atoms with Crippen LogP contribution in [-0.2, 0) is 25.7 Å². The molecule has 0 fully saturated rings. The number of hydrogen-bond donors (Lipinski definition) is 0. The highest BCUT2D eigenvalue weighted by molar-refractivity contribution is 5.77. The van der Waals surface area contributed by atoms with Crippen LogP contribution in [-0.4, -0.2) is 26.0 Å². The molecule has 0 saturated carbocycles. The Hall–Kier alpha value is -2.20. The highest BCUT2D eigenvalue weighted by atomic mass is 16.5. The van der Waals surface area contributed by atoms with Crippen molar-refractivity contribution in [3.05, 3.63) is 59.7 Å². The van der Waals surface area contributed by atoms with E-state index in [0.29, 0.717) is 13.2 Å². The Morgan fingerprint density at radius 1 is 1.28 bits per heavy atom. The Bertz CT molecular complexity index is 792. The summed E-state index contributed by atoms with van der Waals surface area (Å²) in [5.41, 5.74) is 1.22. The van der Waals surface area contributed by atoms with E-state index in [9.17, 15) is 9.59 Å². The Morgan fingerprint density at radius 2 is 2.00 bits per heavy atom. The molecule has 156 valence electrons. The van der Waals surface area contributed by atoms with E-state index in [4.69, 9.17) is 9.47 Å². The topological polar surface area (TPSA) is 52.6 Å². The second-order valence-corrected chi connectivity index (χ2v) is 9.05. The Balaban J connectivity index is 1.80. The smallest absolute Gasteiger partial charge is 0.311 e. The van der Waals surface area contributed by atoms with Gasteiger partial charge in [-0.1, -0.05) is 54.1 Å². The first kappa shape index (κ1) is 21.5. The molecule has 0 N–H and O–H groups in total. The number of allylic oxidation sites excluding steroid dienone is 3. The monoisotopic (exact) mass is 396 g/mol. The van der Waals surface area contributed by atoms with Gasteiger partial charge in [0.2, 0.25) is 0 Å². The van der Waals surface area contributed by atoms with Crippen molar-refractivity contribution in [2.24, 2.45) is 28.6 Å². The van der Waals surface area contributed by atoms with Crippen LogP contribution < -0.4 is 0 Å². The molecule has 3 rings (SSSR count). The zero-order valence-corrected chi connectivity index (χ0v) is 17.9. The summed E-state index contributed by atoms with van der Waals surface area (Å²) in [6, 6.07) is 10.1. The molecular weight excluding hydrogens is 364 g/mol. The average Bonchev–Trinajstić information content (AvgIpc) is 2.73. The SMILES string of the molecule is COC(=O)C(C)(C)[C@@H]1C=C[C@]2(C=O)[C@@H](CC(C)=C[C@H]2COCc2ccccc2)C1. The van der Waals surface area contributed by atoms with Crippen LogP contribution in [0.25, 0.3) is 0 Å². The molecule has 0 heterocycles. The van der Waals surface area contributed by atoms with Gasteiger partial charge in [0.05, 0.1) is 31.2 Å². The molecule has 0 amide bonds. The lowest BCUT2D eigenvalue weighted by Crippen LogP contribution is -2.47. The number of hydrogen-bond acceptors (Lipinski definition) is 4. The Kier molecular flexibility index (Phi) is 6.42. The van der Waals surface area contributed by atoms with E-state index in [1.165, 1.54) is 12.7 Å². The van der Waals surface area contributed by atoms with Crippen molar-refractivity contribution in [1.29, 1.82) is 0 Å². The number of methoxy groups -OCH3 is 1. The number of aldehydes is 1. The maximum Gasteiger partial charge on any atom is 0.311 e. The highest BCUT2D eigenvalue weighted by Crippen LogP contribution is 2.52. The number of ether oxygens (including phenoxy) is 2. The number of carbonyl (C=O) groups excluding carboxylic acids is 2. The minimum Gasteiger partial charge on any atom is -0.469 e. The third-order valence-electron chi connectivity index (χ3n) is 6.81. The van der Waals surface area contributed by atoms with Gasteiger partial charge in [-0.05, 0) is 51.0 Å². The summed E-state index contributed by atoms with van der Waals surface area (Å²) in [4.78, 5) is 24.7. The zero-order valence-electron chi connectivity index (χ0n) is 17.9. The van der Waals surface area contributed by atoms with Crippen LogP contribution in [0.15, 0.2) is 54.1 Å². The second kappa shape index (κ2) is 8.66. The second-order valence-electron chi connectivity index (χ2n) is 9.05. The Morgan fingerprint density at radius 3 is 2.66 bits per heavy atom. The first-order valence-corrected chi connectivity index (χ1v) is 10.4. The van der Waals surface area contributed by atoms with Crippen molar-refractivity contribution in [2.75, 3.05) is 13.7 Å². The van der Waals surface area contributed by atoms with Gasteiger partial charge < -0.3 is 14.3 Å². The van der Waals surface area contributed by atoms with Crippen molar-refractivity contribution in [3.63, 3.8) is 0 Å². The maximum atomic E-state index is 12.4. The summed E-state index contributed by atoms with van der Waals surface area (Å²) < 4.78 is 11.0. The quantitative estimate of drug-likeness (QED) is 0.379. The molecule has 0 radical (unpaired) electrons. The lowest BCUT2D eigenvalue weighted by molar-refractivity contribution is -0.153. The minimum absolute atomic E-state index is 0.000834. The van der Waals surface area contributed by atoms with Crippen molar-refractivity contribution in [3.8, 4) is 0 Å². The number of esters is 1. The molecule has 0 unspecified atom stereocenters. The molecule has 2 aliphatic carbocycles. The van der Waals surface area contributed by atoms with E-state index in [1.807, 2.05) is 50.3 Å². The van der Waals surface area contributed by atoms with E-state index in [0.717, 1.165) is 24.7 Å². The maximum absolute atomic E-state index is 12.4. The molecule has 1 aromatic rings. The number of rotatable bonds is 7. The lowest BCUT2D eigenvalue weighted by Gasteiger charge is -2.48. The van der Waals surface area contributed by atoms with Gasteiger partial charge in [0, 0.05) is 5.92 Å². The van der Waals surface area contributed by atoms with Gasteiger partial charge in [-0.3, -0.25) is 4.79 Å². The van der Waals surface area contributed by atoms with Crippen LogP contribution in [0.5, 0.6) is 0 Å². The lowest BCUT2D eigenvalue weighted by atomic mass is 9.55. The van der Waals surface area contributed by atoms with Gasteiger partial charge in [0.15, 0.2) is 0 Å². The normalized spacial score (nSPS) is 29.0. The van der Waals surface area contributed by atoms with Crippen LogP contribution in [0, 0.1) is 28.6 Å². The summed E-state index contributed by atoms with van der Waals surface area (Å²) >= 11 is 0. The molecule has 1 aromatic carbocycles. The molecule has 0 saturated heterocycles. The molecule has 4 nitrogen and oxygen atoms in total. The molecule has 29 heavy (non-hydrogen) atoms. The van der Waals surface area contributed by atoms with Crippen LogP contribution >= 0.6 is 0 Å². The molecule has 4 heteroatoms. The van der Waals surface area contributed by atoms with Gasteiger partial charge in [0.1, 0.15) is 6.29 Å². The fourth-order valence-corrected chi connectivity index (χ4v) is 4.88. The minimum atomic E-state index is -0.616. The van der Waals surface area contributed by atoms with Crippen LogP contribution in [0.1, 0.15) is 39.2 Å². The standard InChI is InChI=1S/C25H32O4/c1-18-12-21-14-20(24(2,3)23(27)28-4)10-11-25(21,17-26)22(13-18)16-29-15-19-8-6-5-7-9-19/h5-11,13,17,20-22H,12,14-16H2,1-4H3/t20-,21+,22+,25+/m1/s1. The fraction of sp³-hybridized carbons (Fsp3) is 0.520. The van der Waals surface area contributed by atoms with Gasteiger partial charge in [-0.25, -0.2) is 0 Å². The number of benzene rings is 1. The number of fused-ring (bicyclic) bond motifs is 1. The van der Waals surface area contributed by atoms with Crippen LogP contribution in [0.2, 0.25) is 0 Å². The van der Waals surface area contributed by atoms with Crippen LogP contribution in [0.4, 0.5) is 0 Å². The summed E-state index contributed by atoms with van der Waals surface area (Å²) in [6.07, 6.45) is 9.06. The molecule has 4 atom stereocenters. The summed E-state index contributed by atoms with van der Waals surface area (Å²) in [7, 11) is 1.43. The van der Waals surface area contributed by atoms with Gasteiger partial charge in [-0.15, -0.1) is 0 Å². The molecule has 0 spiro atoms. The third-order valence-corrected chi connectivity index (χ3v) is 6.81. The van der Waals surface area contributed by atoms with E-state index in [1.54, 1.807) is 0 Å². The largest absolute Gasteiger partial charge is 0.469 e. The zero-order chi connectivity index (χ0) is 21.1. The molecule has 0 bridgehead atoms. The fourth-order valence-electron chi connectivity index (χ4n) is 4.88. The third kappa shape index (κ3) is 4.23. The van der Waals surface area contributed by atoms with E-state index in [2.05, 4.69) is 19.1 Å². The summed E-state index contributed by atoms with van der Waals surface area (Å²) in [5.74, 6) is -0.00320. The molecule has 0 aliphatic heterocycles. The predicted octanol–water partition coefficient (Wildman–Crippen LogP) is 4.75. The van der Waals surface area contributed by atoms with Gasteiger partial charge in [0.25, 0.3) is 0 Å². The van der Waals surface area contributed by atoms with E-state index < -0.39 is 10.8 Å². The highest BCUT2D eigenvalue weighted by Gasteiger charge is 2.50. The number of carbonyl (C=O) groups is 2. The molecular formula is C25H32O4. The van der Waals surface area contributed by atoms with Crippen LogP contribution in [0.3, 0.4) is 0 Å². The van der Waals surface area contributed by atoms with Gasteiger partial charge in [-0.2, -0.15) is 0 Å². The molecule has 0 aromatic heterocycles. The van der Waals surface area contributed by atoms with Gasteiger partial charge >= 0.3 is 5.97 Å². The first-order valence-electron chi connectivity index (χ1n) is 10.4. The van der Waals surface area contributed by atoms with Crippen molar-refractivity contribution >= 4 is 12.3 Å². The Labute approximate surface area is 174 Å². The summed E-state index contributed by atoms with van der Waals surface area (Å²) in [5, 5.41) is 0. The van der Waals surface area contributed by atoms with E-state index >= 15 is 0 Å². The predicted molar refractivity (Wildman–Crippen MR) is 113 cm³/mol. The first-order chi connectivity index (χ1) is 13.8. The van der Waals surface area contributed by atoms with E-state index in [-0.39, 0.29) is 23.7 Å². The van der Waals surface area contributed by atoms with Crippen molar-refractivity contribution in [1.82, 2.24) is 0 Å². The molecule has 2 aliphatic rings. The van der Waals surface area contributed by atoms with Crippen molar-refractivity contribution in [2.45, 2.75) is 40.2 Å². The van der Waals surface area contributed by atoms with Crippen molar-refractivity contribution < 1.29 is 19.1 Å².